The molecule has 0 aliphatic carbocycles. The summed E-state index contributed by atoms with van der Waals surface area (Å²) < 4.78 is 0. The number of nitrogens with two attached hydrogens (primary N) is 1. The molecule has 0 bridgehead atoms. The number of hydrogen-bond donors (Lipinski definition) is 1. The second-order valence-electron chi connectivity index (χ2n) is 1.41. The fourth-order valence-electron chi connectivity index (χ4n) is 0.439. The van der Waals surface area contributed by atoms with Gasteiger partial charge in [0.25, 0.3) is 0 Å². The normalized spacial score (nSPS) is 7.17. The van der Waals surface area contributed by atoms with Crippen LogP contribution in [0.5, 0.6) is 0 Å². The molecular weight excluding hydrogens is 193 g/mol. The zero-order valence-corrected chi connectivity index (χ0v) is 9.15. The number of benzene rings is 1. The van der Waals surface area contributed by atoms with E-state index >= 15 is 0 Å². The van der Waals surface area contributed by atoms with Gasteiger partial charge >= 0.3 is 0 Å². The second kappa shape index (κ2) is 10.8. The molecule has 0 amide bonds. The Bertz CT molecular complexity index is 169. The van der Waals surface area contributed by atoms with Gasteiger partial charge in [-0.3, -0.25) is 0 Å². The van der Waals surface area contributed by atoms with Gasteiger partial charge in [0.1, 0.15) is 0 Å². The van der Waals surface area contributed by atoms with Crippen LogP contribution < -0.4 is 5.73 Å². The molecule has 12 heavy (non-hydrogen) atoms. The van der Waals surface area contributed by atoms with Gasteiger partial charge in [0.05, 0.1) is 10.0 Å². The summed E-state index contributed by atoms with van der Waals surface area (Å²) in [4.78, 5) is 0. The fraction of sp³-hybridized carbons (Fsp3) is 0.333. The highest BCUT2D eigenvalue weighted by Crippen LogP contribution is 2.19. The average molecular weight is 208 g/mol. The first-order valence-corrected chi connectivity index (χ1v) is 4.54. The molecule has 0 unspecified atom stereocenters. The Morgan fingerprint density at radius 2 is 1.17 bits per heavy atom. The monoisotopic (exact) mass is 207 g/mol. The van der Waals surface area contributed by atoms with Gasteiger partial charge in [-0.2, -0.15) is 0 Å². The topological polar surface area (TPSA) is 26.0 Å². The fourth-order valence-corrected chi connectivity index (χ4v) is 0.711. The number of rotatable bonds is 0. The lowest BCUT2D eigenvalue weighted by molar-refractivity contribution is 1.48. The van der Waals surface area contributed by atoms with E-state index < -0.39 is 0 Å². The van der Waals surface area contributed by atoms with E-state index in [4.69, 9.17) is 23.2 Å². The summed E-state index contributed by atoms with van der Waals surface area (Å²) in [5, 5.41) is 1.21. The van der Waals surface area contributed by atoms with E-state index in [1.165, 1.54) is 7.05 Å². The molecule has 0 aliphatic rings. The van der Waals surface area contributed by atoms with Crippen molar-refractivity contribution in [2.45, 2.75) is 13.8 Å². The summed E-state index contributed by atoms with van der Waals surface area (Å²) >= 11 is 11.2. The molecule has 1 aromatic rings. The van der Waals surface area contributed by atoms with Crippen molar-refractivity contribution in [3.63, 3.8) is 0 Å². The van der Waals surface area contributed by atoms with Crippen molar-refractivity contribution in [3.05, 3.63) is 34.3 Å². The number of halogens is 2. The van der Waals surface area contributed by atoms with Crippen molar-refractivity contribution in [2.24, 2.45) is 5.73 Å². The maximum atomic E-state index is 5.58. The molecule has 0 aromatic heterocycles. The van der Waals surface area contributed by atoms with Crippen molar-refractivity contribution in [2.75, 3.05) is 7.05 Å². The van der Waals surface area contributed by atoms with E-state index in [1.807, 2.05) is 26.0 Å². The Morgan fingerprint density at radius 1 is 0.917 bits per heavy atom. The lowest BCUT2D eigenvalue weighted by Crippen LogP contribution is -1.69. The molecule has 0 aliphatic heterocycles. The van der Waals surface area contributed by atoms with Crippen LogP contribution in [0.3, 0.4) is 0 Å². The maximum absolute atomic E-state index is 5.58. The van der Waals surface area contributed by atoms with Gasteiger partial charge < -0.3 is 5.73 Å². The standard InChI is InChI=1S/C6H4Cl2.C2H6.CH5N/c7-5-3-1-2-4-6(5)8;2*1-2/h1-4H;1-2H3;2H2,1H3. The van der Waals surface area contributed by atoms with Gasteiger partial charge in [-0.25, -0.2) is 0 Å². The maximum Gasteiger partial charge on any atom is 0.0592 e. The van der Waals surface area contributed by atoms with Crippen molar-refractivity contribution < 1.29 is 0 Å². The summed E-state index contributed by atoms with van der Waals surface area (Å²) in [5.41, 5.74) is 4.50. The third kappa shape index (κ3) is 6.47. The SMILES string of the molecule is CC.CN.Clc1ccccc1Cl. The summed E-state index contributed by atoms with van der Waals surface area (Å²) in [6, 6.07) is 7.19. The zero-order valence-electron chi connectivity index (χ0n) is 7.64. The molecule has 0 fully saturated rings. The minimum Gasteiger partial charge on any atom is -0.333 e. The van der Waals surface area contributed by atoms with E-state index in [0.717, 1.165) is 0 Å². The highest BCUT2D eigenvalue weighted by molar-refractivity contribution is 6.41. The van der Waals surface area contributed by atoms with Gasteiger partial charge in [-0.1, -0.05) is 49.2 Å². The van der Waals surface area contributed by atoms with E-state index in [9.17, 15) is 0 Å². The first-order chi connectivity index (χ1) is 5.80. The molecule has 0 saturated carbocycles. The molecule has 0 heterocycles. The van der Waals surface area contributed by atoms with Crippen LogP contribution in [0.2, 0.25) is 10.0 Å². The third-order valence-electron chi connectivity index (χ3n) is 0.824. The van der Waals surface area contributed by atoms with Gasteiger partial charge in [0.2, 0.25) is 0 Å². The second-order valence-corrected chi connectivity index (χ2v) is 2.23. The molecule has 1 rings (SSSR count). The van der Waals surface area contributed by atoms with Crippen molar-refractivity contribution >= 4 is 23.2 Å². The van der Waals surface area contributed by atoms with Crippen LogP contribution in [0.15, 0.2) is 24.3 Å². The molecule has 2 N–H and O–H groups in total. The van der Waals surface area contributed by atoms with Crippen molar-refractivity contribution in [1.82, 2.24) is 0 Å². The Balaban J connectivity index is 0. The lowest BCUT2D eigenvalue weighted by atomic mass is 10.4. The van der Waals surface area contributed by atoms with Crippen LogP contribution in [0, 0.1) is 0 Å². The predicted octanol–water partition coefficient (Wildman–Crippen LogP) is 3.59. The molecule has 0 atom stereocenters. The molecule has 0 spiro atoms. The highest BCUT2D eigenvalue weighted by Gasteiger charge is 1.89. The van der Waals surface area contributed by atoms with Gasteiger partial charge in [-0.05, 0) is 19.2 Å². The Hall–Kier alpha value is -0.240. The predicted molar refractivity (Wildman–Crippen MR) is 57.9 cm³/mol. The summed E-state index contributed by atoms with van der Waals surface area (Å²) in [7, 11) is 1.50. The first kappa shape index (κ1) is 14.3. The minimum atomic E-state index is 0.606. The molecular formula is C9H15Cl2N. The van der Waals surface area contributed by atoms with E-state index in [0.29, 0.717) is 10.0 Å². The van der Waals surface area contributed by atoms with Crippen LogP contribution in [-0.2, 0) is 0 Å². The molecule has 1 nitrogen and oxygen atoms in total. The average Bonchev–Trinajstić information content (AvgIpc) is 2.17. The lowest BCUT2D eigenvalue weighted by Gasteiger charge is -1.88. The smallest absolute Gasteiger partial charge is 0.0592 e. The van der Waals surface area contributed by atoms with Crippen molar-refractivity contribution in [1.29, 1.82) is 0 Å². The molecule has 70 valence electrons. The third-order valence-corrected chi connectivity index (χ3v) is 1.58. The van der Waals surface area contributed by atoms with Crippen LogP contribution >= 0.6 is 23.2 Å². The van der Waals surface area contributed by atoms with Crippen molar-refractivity contribution in [3.8, 4) is 0 Å². The number of hydrogen-bond acceptors (Lipinski definition) is 1. The molecule has 3 heteroatoms. The van der Waals surface area contributed by atoms with Crippen LogP contribution in [0.25, 0.3) is 0 Å². The van der Waals surface area contributed by atoms with E-state index in [-0.39, 0.29) is 0 Å². The Labute approximate surface area is 84.5 Å². The Morgan fingerprint density at radius 3 is 1.33 bits per heavy atom. The molecule has 0 radical (unpaired) electrons. The van der Waals surface area contributed by atoms with Crippen LogP contribution in [-0.4, -0.2) is 7.05 Å². The quantitative estimate of drug-likeness (QED) is 0.692. The summed E-state index contributed by atoms with van der Waals surface area (Å²) in [6.07, 6.45) is 0. The van der Waals surface area contributed by atoms with Crippen LogP contribution in [0.4, 0.5) is 0 Å². The largest absolute Gasteiger partial charge is 0.333 e. The van der Waals surface area contributed by atoms with E-state index in [2.05, 4.69) is 5.73 Å². The Kier molecular flexibility index (Phi) is 12.8. The molecule has 0 saturated heterocycles. The minimum absolute atomic E-state index is 0.606. The van der Waals surface area contributed by atoms with E-state index in [1.54, 1.807) is 12.1 Å². The molecule has 1 aromatic carbocycles. The summed E-state index contributed by atoms with van der Waals surface area (Å²) in [6.45, 7) is 4.00. The van der Waals surface area contributed by atoms with Gasteiger partial charge in [0, 0.05) is 0 Å². The first-order valence-electron chi connectivity index (χ1n) is 3.78. The van der Waals surface area contributed by atoms with Gasteiger partial charge in [0.15, 0.2) is 0 Å². The van der Waals surface area contributed by atoms with Crippen LogP contribution in [0.1, 0.15) is 13.8 Å². The summed E-state index contributed by atoms with van der Waals surface area (Å²) in [5.74, 6) is 0. The zero-order chi connectivity index (χ0) is 9.98. The highest BCUT2D eigenvalue weighted by atomic mass is 35.5. The van der Waals surface area contributed by atoms with Gasteiger partial charge in [-0.15, -0.1) is 0 Å².